The fourth-order valence-electron chi connectivity index (χ4n) is 3.24. The van der Waals surface area contributed by atoms with Crippen molar-refractivity contribution >= 4 is 17.7 Å². The highest BCUT2D eigenvalue weighted by atomic mass is 16.6. The molecule has 2 aliphatic rings. The van der Waals surface area contributed by atoms with Crippen LogP contribution >= 0.6 is 0 Å². The van der Waals surface area contributed by atoms with Crippen LogP contribution in [0, 0.1) is 0 Å². The van der Waals surface area contributed by atoms with E-state index in [-0.39, 0.29) is 24.1 Å². The molecule has 0 aliphatic carbocycles. The van der Waals surface area contributed by atoms with E-state index in [1.807, 2.05) is 32.4 Å². The van der Waals surface area contributed by atoms with Crippen molar-refractivity contribution in [3.63, 3.8) is 0 Å². The molecule has 8 heteroatoms. The average molecular weight is 350 g/mol. The lowest BCUT2D eigenvalue weighted by atomic mass is 10.2. The zero-order valence-corrected chi connectivity index (χ0v) is 15.5. The quantitative estimate of drug-likeness (QED) is 0.812. The predicted octanol–water partition coefficient (Wildman–Crippen LogP) is 1.77. The van der Waals surface area contributed by atoms with Crippen molar-refractivity contribution in [2.75, 3.05) is 18.6 Å². The molecule has 2 atom stereocenters. The maximum atomic E-state index is 12.5. The molecule has 3 heterocycles. The number of hydrogen-bond donors (Lipinski definition) is 0. The molecule has 2 amide bonds. The lowest BCUT2D eigenvalue weighted by molar-refractivity contribution is -0.117. The summed E-state index contributed by atoms with van der Waals surface area (Å²) < 4.78 is 12.7. The molecule has 138 valence electrons. The Morgan fingerprint density at radius 2 is 2.04 bits per heavy atom. The normalized spacial score (nSPS) is 23.8. The number of rotatable bonds is 2. The van der Waals surface area contributed by atoms with Crippen molar-refractivity contribution < 1.29 is 19.1 Å². The number of carbonyl (C=O) groups excluding carboxylic acids is 2. The summed E-state index contributed by atoms with van der Waals surface area (Å²) in [5.74, 6) is 0.0186. The number of carbonyl (C=O) groups is 2. The van der Waals surface area contributed by atoms with Gasteiger partial charge in [0.15, 0.2) is 0 Å². The van der Waals surface area contributed by atoms with Crippen LogP contribution in [0.25, 0.3) is 0 Å². The Hall–Kier alpha value is -2.09. The second kappa shape index (κ2) is 6.33. The number of aromatic nitrogens is 2. The molecule has 2 aliphatic heterocycles. The lowest BCUT2D eigenvalue weighted by Gasteiger charge is -2.36. The molecule has 1 unspecified atom stereocenters. The Kier molecular flexibility index (Phi) is 4.49. The van der Waals surface area contributed by atoms with Gasteiger partial charge in [-0.05, 0) is 27.7 Å². The second-order valence-electron chi connectivity index (χ2n) is 7.68. The van der Waals surface area contributed by atoms with Gasteiger partial charge in [-0.15, -0.1) is 0 Å². The van der Waals surface area contributed by atoms with E-state index in [2.05, 4.69) is 5.10 Å². The minimum absolute atomic E-state index is 0.0186. The minimum Gasteiger partial charge on any atom is -0.444 e. The van der Waals surface area contributed by atoms with Gasteiger partial charge in [0.05, 0.1) is 55.8 Å². The second-order valence-corrected chi connectivity index (χ2v) is 7.68. The molecule has 1 aromatic rings. The molecule has 8 nitrogen and oxygen atoms in total. The van der Waals surface area contributed by atoms with Crippen LogP contribution in [-0.4, -0.2) is 58.1 Å². The van der Waals surface area contributed by atoms with E-state index >= 15 is 0 Å². The van der Waals surface area contributed by atoms with Crippen LogP contribution in [-0.2, 0) is 27.4 Å². The Morgan fingerprint density at radius 3 is 2.64 bits per heavy atom. The van der Waals surface area contributed by atoms with Gasteiger partial charge in [-0.25, -0.2) is 4.79 Å². The molecule has 0 radical (unpaired) electrons. The zero-order valence-electron chi connectivity index (χ0n) is 15.5. The third-order valence-electron chi connectivity index (χ3n) is 4.56. The van der Waals surface area contributed by atoms with Crippen molar-refractivity contribution in [3.05, 3.63) is 11.9 Å². The van der Waals surface area contributed by atoms with Gasteiger partial charge in [0, 0.05) is 7.11 Å². The molecule has 0 bridgehead atoms. The molecule has 1 aromatic heterocycles. The van der Waals surface area contributed by atoms with Crippen molar-refractivity contribution in [3.8, 4) is 0 Å². The Balaban J connectivity index is 1.83. The number of methoxy groups -OCH3 is 1. The number of fused-ring (bicyclic) bond motifs is 1. The summed E-state index contributed by atoms with van der Waals surface area (Å²) in [4.78, 5) is 28.2. The van der Waals surface area contributed by atoms with E-state index < -0.39 is 5.60 Å². The van der Waals surface area contributed by atoms with E-state index in [0.29, 0.717) is 26.1 Å². The first-order chi connectivity index (χ1) is 11.7. The number of amides is 2. The summed E-state index contributed by atoms with van der Waals surface area (Å²) in [6.45, 7) is 8.97. The predicted molar refractivity (Wildman–Crippen MR) is 91.2 cm³/mol. The molecule has 1 saturated heterocycles. The van der Waals surface area contributed by atoms with Crippen LogP contribution in [0.2, 0.25) is 0 Å². The summed E-state index contributed by atoms with van der Waals surface area (Å²) in [7, 11) is 1.61. The van der Waals surface area contributed by atoms with Gasteiger partial charge >= 0.3 is 6.09 Å². The standard InChI is InChI=1S/C17H26N4O4/c1-11-8-21-14(10-19(11)16(23)25-17(2,3)4)13(7-18-21)20-9-12(24-5)6-15(20)22/h7,11-12H,6,8-10H2,1-5H3/t11?,12-/m0/s1. The molecular formula is C17H26N4O4. The molecule has 0 saturated carbocycles. The fraction of sp³-hybridized carbons (Fsp3) is 0.706. The highest BCUT2D eigenvalue weighted by Gasteiger charge is 2.37. The Labute approximate surface area is 147 Å². The maximum Gasteiger partial charge on any atom is 0.410 e. The van der Waals surface area contributed by atoms with E-state index in [0.717, 1.165) is 11.4 Å². The van der Waals surface area contributed by atoms with E-state index in [1.54, 1.807) is 23.1 Å². The van der Waals surface area contributed by atoms with Crippen LogP contribution in [0.15, 0.2) is 6.20 Å². The van der Waals surface area contributed by atoms with Gasteiger partial charge in [-0.2, -0.15) is 5.10 Å². The molecule has 25 heavy (non-hydrogen) atoms. The number of hydrogen-bond acceptors (Lipinski definition) is 5. The van der Waals surface area contributed by atoms with E-state index in [1.165, 1.54) is 0 Å². The third kappa shape index (κ3) is 3.49. The monoisotopic (exact) mass is 350 g/mol. The molecule has 0 N–H and O–H groups in total. The van der Waals surface area contributed by atoms with Crippen LogP contribution in [0.3, 0.4) is 0 Å². The first-order valence-electron chi connectivity index (χ1n) is 8.57. The van der Waals surface area contributed by atoms with Crippen molar-refractivity contribution in [1.29, 1.82) is 0 Å². The van der Waals surface area contributed by atoms with Gasteiger partial charge in [0.2, 0.25) is 5.91 Å². The van der Waals surface area contributed by atoms with E-state index in [4.69, 9.17) is 9.47 Å². The van der Waals surface area contributed by atoms with Crippen molar-refractivity contribution in [2.45, 2.75) is 65.0 Å². The van der Waals surface area contributed by atoms with Gasteiger partial charge in [-0.1, -0.05) is 0 Å². The minimum atomic E-state index is -0.548. The highest BCUT2D eigenvalue weighted by molar-refractivity contribution is 5.96. The van der Waals surface area contributed by atoms with E-state index in [9.17, 15) is 9.59 Å². The largest absolute Gasteiger partial charge is 0.444 e. The molecular weight excluding hydrogens is 324 g/mol. The molecule has 3 rings (SSSR count). The number of nitrogens with zero attached hydrogens (tertiary/aromatic N) is 4. The van der Waals surface area contributed by atoms with Crippen LogP contribution < -0.4 is 4.90 Å². The van der Waals surface area contributed by atoms with Crippen LogP contribution in [0.5, 0.6) is 0 Å². The fourth-order valence-corrected chi connectivity index (χ4v) is 3.24. The Bertz CT molecular complexity index is 679. The first kappa shape index (κ1) is 17.7. The van der Waals surface area contributed by atoms with Crippen molar-refractivity contribution in [2.24, 2.45) is 0 Å². The average Bonchev–Trinajstić information content (AvgIpc) is 3.07. The smallest absolute Gasteiger partial charge is 0.410 e. The summed E-state index contributed by atoms with van der Waals surface area (Å²) >= 11 is 0. The third-order valence-corrected chi connectivity index (χ3v) is 4.56. The first-order valence-corrected chi connectivity index (χ1v) is 8.57. The van der Waals surface area contributed by atoms with Crippen molar-refractivity contribution in [1.82, 2.24) is 14.7 Å². The Morgan fingerprint density at radius 1 is 1.32 bits per heavy atom. The topological polar surface area (TPSA) is 76.9 Å². The number of ether oxygens (including phenoxy) is 2. The van der Waals surface area contributed by atoms with Crippen LogP contribution in [0.1, 0.15) is 39.8 Å². The van der Waals surface area contributed by atoms with Crippen LogP contribution in [0.4, 0.5) is 10.5 Å². The summed E-state index contributed by atoms with van der Waals surface area (Å²) in [5.41, 5.74) is 1.06. The number of anilines is 1. The van der Waals surface area contributed by atoms with Gasteiger partial charge < -0.3 is 14.4 Å². The summed E-state index contributed by atoms with van der Waals surface area (Å²) in [6, 6.07) is -0.0314. The molecule has 1 fully saturated rings. The summed E-state index contributed by atoms with van der Waals surface area (Å²) in [6.07, 6.45) is 1.62. The van der Waals surface area contributed by atoms with Gasteiger partial charge in [0.25, 0.3) is 0 Å². The zero-order chi connectivity index (χ0) is 18.4. The molecule has 0 spiro atoms. The van der Waals surface area contributed by atoms with Gasteiger partial charge in [-0.3, -0.25) is 14.4 Å². The maximum absolute atomic E-state index is 12.5. The van der Waals surface area contributed by atoms with Gasteiger partial charge in [0.1, 0.15) is 5.60 Å². The lowest BCUT2D eigenvalue weighted by Crippen LogP contribution is -2.47. The summed E-state index contributed by atoms with van der Waals surface area (Å²) in [5, 5.41) is 4.41. The highest BCUT2D eigenvalue weighted by Crippen LogP contribution is 2.31. The molecule has 0 aromatic carbocycles. The SMILES string of the molecule is CO[C@H]1CC(=O)N(c2cnn3c2CN(C(=O)OC(C)(C)C)C(C)C3)C1.